The summed E-state index contributed by atoms with van der Waals surface area (Å²) in [6.45, 7) is 4.05. The van der Waals surface area contributed by atoms with Gasteiger partial charge in [0.1, 0.15) is 18.1 Å². The molecular weight excluding hydrogens is 238 g/mol. The number of carbonyl (C=O) groups excluding carboxylic acids is 1. The maximum Gasteiger partial charge on any atom is 0.338 e. The maximum atomic E-state index is 11.5. The lowest BCUT2D eigenvalue weighted by Crippen LogP contribution is -2.41. The van der Waals surface area contributed by atoms with Crippen LogP contribution in [0, 0.1) is 5.92 Å². The van der Waals surface area contributed by atoms with Crippen LogP contribution in [0.2, 0.25) is 0 Å². The second kappa shape index (κ2) is 6.20. The molecule has 1 heterocycles. The van der Waals surface area contributed by atoms with Crippen LogP contribution >= 0.6 is 0 Å². The van der Waals surface area contributed by atoms with Crippen molar-refractivity contribution in [1.29, 1.82) is 0 Å². The average molecular weight is 255 g/mol. The lowest BCUT2D eigenvalue weighted by molar-refractivity contribution is -0.144. The molecule has 100 valence electrons. The predicted octanol–water partition coefficient (Wildman–Crippen LogP) is 1.26. The third-order valence-corrected chi connectivity index (χ3v) is 2.52. The molecule has 0 amide bonds. The summed E-state index contributed by atoms with van der Waals surface area (Å²) in [7, 11) is 1.33. The van der Waals surface area contributed by atoms with E-state index < -0.39 is 12.0 Å². The van der Waals surface area contributed by atoms with Gasteiger partial charge in [-0.25, -0.2) is 4.79 Å². The van der Waals surface area contributed by atoms with Gasteiger partial charge in [0.15, 0.2) is 0 Å². The molecule has 18 heavy (non-hydrogen) atoms. The molecule has 1 aromatic heterocycles. The smallest absolute Gasteiger partial charge is 0.338 e. The molecule has 0 saturated heterocycles. The molecule has 6 heteroatoms. The Morgan fingerprint density at radius 3 is 2.61 bits per heavy atom. The summed E-state index contributed by atoms with van der Waals surface area (Å²) in [6.07, 6.45) is 1.17. The van der Waals surface area contributed by atoms with Gasteiger partial charge < -0.3 is 14.3 Å². The molecule has 1 aromatic rings. The van der Waals surface area contributed by atoms with E-state index >= 15 is 0 Å². The predicted molar refractivity (Wildman–Crippen MR) is 63.1 cm³/mol. The van der Waals surface area contributed by atoms with Crippen LogP contribution in [0.15, 0.2) is 16.7 Å². The average Bonchev–Trinajstić information content (AvgIpc) is 2.77. The van der Waals surface area contributed by atoms with Crippen molar-refractivity contribution in [1.82, 2.24) is 5.32 Å². The van der Waals surface area contributed by atoms with E-state index in [9.17, 15) is 9.59 Å². The molecule has 1 rings (SSSR count). The van der Waals surface area contributed by atoms with E-state index in [4.69, 9.17) is 9.52 Å². The van der Waals surface area contributed by atoms with E-state index in [1.807, 2.05) is 13.8 Å². The third-order valence-electron chi connectivity index (χ3n) is 2.52. The van der Waals surface area contributed by atoms with Crippen molar-refractivity contribution in [2.45, 2.75) is 26.4 Å². The van der Waals surface area contributed by atoms with Crippen LogP contribution in [0.1, 0.15) is 30.0 Å². The first-order valence-electron chi connectivity index (χ1n) is 5.57. The minimum absolute atomic E-state index is 0.0614. The largest absolute Gasteiger partial charge is 0.478 e. The Kier molecular flexibility index (Phi) is 4.91. The Bertz CT molecular complexity index is 424. The zero-order valence-corrected chi connectivity index (χ0v) is 10.6. The van der Waals surface area contributed by atoms with E-state index in [0.29, 0.717) is 5.76 Å². The second-order valence-corrected chi connectivity index (χ2v) is 4.23. The number of ether oxygens (including phenoxy) is 1. The Balaban J connectivity index is 2.61. The minimum Gasteiger partial charge on any atom is -0.478 e. The van der Waals surface area contributed by atoms with Crippen molar-refractivity contribution in [3.8, 4) is 0 Å². The van der Waals surface area contributed by atoms with Crippen molar-refractivity contribution in [3.05, 3.63) is 23.7 Å². The fourth-order valence-electron chi connectivity index (χ4n) is 1.51. The number of hydrogen-bond donors (Lipinski definition) is 2. The lowest BCUT2D eigenvalue weighted by Gasteiger charge is -2.18. The van der Waals surface area contributed by atoms with Crippen molar-refractivity contribution in [3.63, 3.8) is 0 Å². The van der Waals surface area contributed by atoms with E-state index in [2.05, 4.69) is 10.1 Å². The van der Waals surface area contributed by atoms with Gasteiger partial charge in [-0.3, -0.25) is 10.1 Å². The highest BCUT2D eigenvalue weighted by Crippen LogP contribution is 2.10. The molecule has 0 fully saturated rings. The van der Waals surface area contributed by atoms with Crippen LogP contribution in [-0.2, 0) is 16.1 Å². The van der Waals surface area contributed by atoms with Crippen LogP contribution in [-0.4, -0.2) is 30.2 Å². The molecule has 6 nitrogen and oxygen atoms in total. The monoisotopic (exact) mass is 255 g/mol. The van der Waals surface area contributed by atoms with Gasteiger partial charge in [0.2, 0.25) is 0 Å². The van der Waals surface area contributed by atoms with E-state index in [-0.39, 0.29) is 24.0 Å². The van der Waals surface area contributed by atoms with Gasteiger partial charge in [0.05, 0.1) is 19.2 Å². The summed E-state index contributed by atoms with van der Waals surface area (Å²) in [6, 6.07) is 0.970. The number of esters is 1. The second-order valence-electron chi connectivity index (χ2n) is 4.23. The molecular formula is C12H17NO5. The number of furan rings is 1. The topological polar surface area (TPSA) is 88.8 Å². The molecule has 0 saturated carbocycles. The highest BCUT2D eigenvalue weighted by molar-refractivity contribution is 5.87. The number of carboxylic acid groups (broad SMARTS) is 1. The van der Waals surface area contributed by atoms with E-state index in [1.165, 1.54) is 19.4 Å². The van der Waals surface area contributed by atoms with Crippen LogP contribution in [0.3, 0.4) is 0 Å². The lowest BCUT2D eigenvalue weighted by atomic mass is 10.0. The van der Waals surface area contributed by atoms with Gasteiger partial charge >= 0.3 is 11.9 Å². The molecule has 0 radical (unpaired) electrons. The Morgan fingerprint density at radius 2 is 2.17 bits per heavy atom. The molecule has 0 spiro atoms. The normalized spacial score (nSPS) is 12.4. The van der Waals surface area contributed by atoms with Gasteiger partial charge in [0, 0.05) is 0 Å². The van der Waals surface area contributed by atoms with Crippen LogP contribution in [0.25, 0.3) is 0 Å². The molecule has 0 aliphatic carbocycles. The molecule has 1 atom stereocenters. The minimum atomic E-state index is -1.04. The summed E-state index contributed by atoms with van der Waals surface area (Å²) in [4.78, 5) is 22.1. The third kappa shape index (κ3) is 3.59. The molecule has 0 aliphatic rings. The Labute approximate surface area is 105 Å². The molecule has 0 aromatic carbocycles. The Hall–Kier alpha value is -1.82. The summed E-state index contributed by atoms with van der Waals surface area (Å²) in [5.41, 5.74) is 0.0889. The quantitative estimate of drug-likeness (QED) is 0.744. The molecule has 2 N–H and O–H groups in total. The number of hydrogen-bond acceptors (Lipinski definition) is 5. The van der Waals surface area contributed by atoms with Crippen molar-refractivity contribution < 1.29 is 23.8 Å². The molecule has 0 unspecified atom stereocenters. The SMILES string of the molecule is COC(=O)[C@@H](NCc1cc(C(=O)O)co1)C(C)C. The van der Waals surface area contributed by atoms with Crippen molar-refractivity contribution >= 4 is 11.9 Å². The van der Waals surface area contributed by atoms with Gasteiger partial charge in [0.25, 0.3) is 0 Å². The fraction of sp³-hybridized carbons (Fsp3) is 0.500. The summed E-state index contributed by atoms with van der Waals surface area (Å²) in [5, 5.41) is 11.7. The number of aromatic carboxylic acids is 1. The zero-order chi connectivity index (χ0) is 13.7. The van der Waals surface area contributed by atoms with Crippen molar-refractivity contribution in [2.24, 2.45) is 5.92 Å². The molecule has 0 bridgehead atoms. The highest BCUT2D eigenvalue weighted by atomic mass is 16.5. The first-order chi connectivity index (χ1) is 8.45. The summed E-state index contributed by atoms with van der Waals surface area (Å²) in [5.74, 6) is -0.873. The maximum absolute atomic E-state index is 11.5. The number of carboxylic acids is 1. The standard InChI is InChI=1S/C12H17NO5/c1-7(2)10(12(16)17-3)13-5-9-4-8(6-18-9)11(14)15/h4,6-7,10,13H,5H2,1-3H3,(H,14,15)/t10-/m0/s1. The van der Waals surface area contributed by atoms with Crippen LogP contribution in [0.5, 0.6) is 0 Å². The number of nitrogens with one attached hydrogen (secondary N) is 1. The van der Waals surface area contributed by atoms with Gasteiger partial charge in [-0.05, 0) is 12.0 Å². The summed E-state index contributed by atoms with van der Waals surface area (Å²) >= 11 is 0. The van der Waals surface area contributed by atoms with Crippen molar-refractivity contribution in [2.75, 3.05) is 7.11 Å². The van der Waals surface area contributed by atoms with Crippen LogP contribution < -0.4 is 5.32 Å². The summed E-state index contributed by atoms with van der Waals surface area (Å²) < 4.78 is 9.75. The zero-order valence-electron chi connectivity index (χ0n) is 10.6. The van der Waals surface area contributed by atoms with Gasteiger partial charge in [-0.15, -0.1) is 0 Å². The van der Waals surface area contributed by atoms with E-state index in [1.54, 1.807) is 0 Å². The van der Waals surface area contributed by atoms with Gasteiger partial charge in [-0.2, -0.15) is 0 Å². The molecule has 0 aliphatic heterocycles. The highest BCUT2D eigenvalue weighted by Gasteiger charge is 2.22. The number of carbonyl (C=O) groups is 2. The first-order valence-corrected chi connectivity index (χ1v) is 5.57. The first kappa shape index (κ1) is 14.2. The van der Waals surface area contributed by atoms with Crippen LogP contribution in [0.4, 0.5) is 0 Å². The Morgan fingerprint density at radius 1 is 1.50 bits per heavy atom. The fourth-order valence-corrected chi connectivity index (χ4v) is 1.51. The number of methoxy groups -OCH3 is 1. The van der Waals surface area contributed by atoms with Gasteiger partial charge in [-0.1, -0.05) is 13.8 Å². The van der Waals surface area contributed by atoms with E-state index in [0.717, 1.165) is 0 Å². The number of rotatable bonds is 6.